The van der Waals surface area contributed by atoms with Crippen LogP contribution in [0, 0.1) is 10.1 Å². The second-order valence-electron chi connectivity index (χ2n) is 4.84. The van der Waals surface area contributed by atoms with Gasteiger partial charge in [0.1, 0.15) is 0 Å². The van der Waals surface area contributed by atoms with Crippen LogP contribution in [0.2, 0.25) is 0 Å². The molecule has 2 N–H and O–H groups in total. The third-order valence-electron chi connectivity index (χ3n) is 3.13. The van der Waals surface area contributed by atoms with Crippen LogP contribution in [-0.4, -0.2) is 27.7 Å². The smallest absolute Gasteiger partial charge is 0.328 e. The van der Waals surface area contributed by atoms with Crippen LogP contribution in [0.4, 0.5) is 11.4 Å². The van der Waals surface area contributed by atoms with E-state index in [1.165, 1.54) is 18.2 Å². The van der Waals surface area contributed by atoms with E-state index in [0.717, 1.165) is 18.2 Å². The van der Waals surface area contributed by atoms with Crippen LogP contribution in [0.15, 0.2) is 60.7 Å². The zero-order valence-corrected chi connectivity index (χ0v) is 12.7. The Morgan fingerprint density at radius 1 is 1.04 bits per heavy atom. The molecule has 126 valence electrons. The molecule has 0 bridgehead atoms. The number of nitrogens with one attached hydrogen (secondary N) is 1. The third-order valence-corrected chi connectivity index (χ3v) is 3.13. The zero-order valence-electron chi connectivity index (χ0n) is 12.7. The predicted molar refractivity (Wildman–Crippen MR) is 88.4 cm³/mol. The Labute approximate surface area is 141 Å². The van der Waals surface area contributed by atoms with Gasteiger partial charge in [0.25, 0.3) is 5.69 Å². The Bertz CT molecular complexity index is 874. The van der Waals surface area contributed by atoms with Crippen molar-refractivity contribution in [2.75, 3.05) is 5.32 Å². The van der Waals surface area contributed by atoms with Crippen molar-refractivity contribution in [1.82, 2.24) is 0 Å². The Kier molecular flexibility index (Phi) is 5.36. The highest BCUT2D eigenvalue weighted by Gasteiger charge is 2.19. The molecule has 2 aromatic rings. The van der Waals surface area contributed by atoms with E-state index in [0.29, 0.717) is 11.6 Å². The lowest BCUT2D eigenvalue weighted by atomic mass is 10.0. The number of anilines is 1. The molecule has 0 spiro atoms. The molecule has 0 radical (unpaired) electrons. The Morgan fingerprint density at radius 2 is 1.72 bits per heavy atom. The van der Waals surface area contributed by atoms with Gasteiger partial charge in [-0.1, -0.05) is 30.3 Å². The highest BCUT2D eigenvalue weighted by Crippen LogP contribution is 2.25. The van der Waals surface area contributed by atoms with E-state index < -0.39 is 22.6 Å². The van der Waals surface area contributed by atoms with E-state index >= 15 is 0 Å². The van der Waals surface area contributed by atoms with Gasteiger partial charge >= 0.3 is 5.97 Å². The number of aliphatic carboxylic acids is 1. The third kappa shape index (κ3) is 4.58. The van der Waals surface area contributed by atoms with Crippen molar-refractivity contribution in [2.24, 2.45) is 0 Å². The van der Waals surface area contributed by atoms with Crippen LogP contribution in [0.3, 0.4) is 0 Å². The van der Waals surface area contributed by atoms with E-state index in [1.54, 1.807) is 18.2 Å². The molecule has 0 saturated heterocycles. The lowest BCUT2D eigenvalue weighted by Crippen LogP contribution is -2.13. The van der Waals surface area contributed by atoms with Gasteiger partial charge in [-0.25, -0.2) is 4.79 Å². The van der Waals surface area contributed by atoms with E-state index in [2.05, 4.69) is 5.32 Å². The Hall–Kier alpha value is -3.81. The van der Waals surface area contributed by atoms with Gasteiger partial charge in [0.05, 0.1) is 16.2 Å². The number of benzene rings is 2. The van der Waals surface area contributed by atoms with Crippen molar-refractivity contribution >= 4 is 29.0 Å². The lowest BCUT2D eigenvalue weighted by Gasteiger charge is -2.09. The van der Waals surface area contributed by atoms with Crippen LogP contribution in [0.1, 0.15) is 15.9 Å². The van der Waals surface area contributed by atoms with Gasteiger partial charge in [0.15, 0.2) is 5.78 Å². The summed E-state index contributed by atoms with van der Waals surface area (Å²) in [5, 5.41) is 21.8. The van der Waals surface area contributed by atoms with Gasteiger partial charge in [0, 0.05) is 29.8 Å². The highest BCUT2D eigenvalue weighted by molar-refractivity contribution is 6.15. The molecule has 2 rings (SSSR count). The molecule has 1 amide bonds. The molecule has 0 aliphatic carbocycles. The van der Waals surface area contributed by atoms with E-state index in [9.17, 15) is 24.5 Å². The van der Waals surface area contributed by atoms with Crippen LogP contribution < -0.4 is 5.32 Å². The number of nitrogens with zero attached hydrogens (tertiary/aromatic N) is 1. The summed E-state index contributed by atoms with van der Waals surface area (Å²) in [7, 11) is 0. The molecule has 0 fully saturated rings. The molecule has 8 heteroatoms. The maximum atomic E-state index is 12.6. The molecule has 2 aromatic carbocycles. The highest BCUT2D eigenvalue weighted by atomic mass is 16.6. The van der Waals surface area contributed by atoms with Gasteiger partial charge in [-0.05, 0) is 6.07 Å². The first-order valence-corrected chi connectivity index (χ1v) is 6.98. The number of carboxylic acid groups (broad SMARTS) is 1. The molecule has 0 aromatic heterocycles. The standard InChI is InChI=1S/C17H12N2O6/c20-15(8-9-16(21)22)18-14-7-6-12(19(24)25)10-13(14)17(23)11-4-2-1-3-5-11/h1-10H,(H,18,20)(H,21,22)/b9-8-. The number of amides is 1. The number of non-ortho nitro benzene ring substituents is 1. The summed E-state index contributed by atoms with van der Waals surface area (Å²) in [5.41, 5.74) is -0.0464. The fraction of sp³-hybridized carbons (Fsp3) is 0. The first-order chi connectivity index (χ1) is 11.9. The number of nitro benzene ring substituents is 1. The van der Waals surface area contributed by atoms with Crippen molar-refractivity contribution < 1.29 is 24.4 Å². The fourth-order valence-electron chi connectivity index (χ4n) is 2.01. The van der Waals surface area contributed by atoms with Crippen LogP contribution in [0.25, 0.3) is 0 Å². The molecular formula is C17H12N2O6. The number of hydrogen-bond acceptors (Lipinski definition) is 5. The molecule has 0 saturated carbocycles. The topological polar surface area (TPSA) is 127 Å². The first-order valence-electron chi connectivity index (χ1n) is 6.98. The van der Waals surface area contributed by atoms with Gasteiger partial charge < -0.3 is 10.4 Å². The van der Waals surface area contributed by atoms with E-state index in [4.69, 9.17) is 5.11 Å². The number of carboxylic acids is 1. The van der Waals surface area contributed by atoms with Crippen molar-refractivity contribution in [3.63, 3.8) is 0 Å². The van der Waals surface area contributed by atoms with Crippen LogP contribution >= 0.6 is 0 Å². The van der Waals surface area contributed by atoms with Crippen molar-refractivity contribution in [3.8, 4) is 0 Å². The molecule has 8 nitrogen and oxygen atoms in total. The van der Waals surface area contributed by atoms with Gasteiger partial charge in [-0.2, -0.15) is 0 Å². The molecule has 0 aliphatic heterocycles. The van der Waals surface area contributed by atoms with Gasteiger partial charge in [-0.15, -0.1) is 0 Å². The zero-order chi connectivity index (χ0) is 18.4. The largest absolute Gasteiger partial charge is 0.478 e. The van der Waals surface area contributed by atoms with Gasteiger partial charge in [-0.3, -0.25) is 19.7 Å². The second-order valence-corrected chi connectivity index (χ2v) is 4.84. The maximum absolute atomic E-state index is 12.6. The second kappa shape index (κ2) is 7.64. The molecule has 0 aliphatic rings. The monoisotopic (exact) mass is 340 g/mol. The summed E-state index contributed by atoms with van der Waals surface area (Å²) in [5.74, 6) is -2.60. The minimum atomic E-state index is -1.31. The summed E-state index contributed by atoms with van der Waals surface area (Å²) in [6, 6.07) is 11.5. The fourth-order valence-corrected chi connectivity index (χ4v) is 2.01. The number of ketones is 1. The maximum Gasteiger partial charge on any atom is 0.328 e. The summed E-state index contributed by atoms with van der Waals surface area (Å²) in [6.07, 6.45) is 1.42. The van der Waals surface area contributed by atoms with Crippen molar-refractivity contribution in [1.29, 1.82) is 0 Å². The minimum absolute atomic E-state index is 0.0412. The molecule has 25 heavy (non-hydrogen) atoms. The molecular weight excluding hydrogens is 328 g/mol. The number of nitro groups is 1. The first kappa shape index (κ1) is 17.5. The SMILES string of the molecule is O=C(O)/C=C\C(=O)Nc1ccc([N+](=O)[O-])cc1C(=O)c1ccccc1. The Morgan fingerprint density at radius 3 is 2.32 bits per heavy atom. The number of rotatable bonds is 6. The number of carbonyl (C=O) groups is 3. The summed E-state index contributed by atoms with van der Waals surface area (Å²) in [6.45, 7) is 0. The summed E-state index contributed by atoms with van der Waals surface area (Å²) >= 11 is 0. The predicted octanol–water partition coefficient (Wildman–Crippen LogP) is 2.41. The lowest BCUT2D eigenvalue weighted by molar-refractivity contribution is -0.384. The van der Waals surface area contributed by atoms with Crippen molar-refractivity contribution in [2.45, 2.75) is 0 Å². The number of carbonyl (C=O) groups excluding carboxylic acids is 2. The van der Waals surface area contributed by atoms with E-state index in [-0.39, 0.29) is 16.9 Å². The average molecular weight is 340 g/mol. The minimum Gasteiger partial charge on any atom is -0.478 e. The molecule has 0 unspecified atom stereocenters. The summed E-state index contributed by atoms with van der Waals surface area (Å²) in [4.78, 5) is 45.1. The van der Waals surface area contributed by atoms with Crippen LogP contribution in [0.5, 0.6) is 0 Å². The summed E-state index contributed by atoms with van der Waals surface area (Å²) < 4.78 is 0. The van der Waals surface area contributed by atoms with Gasteiger partial charge in [0.2, 0.25) is 5.91 Å². The molecule has 0 atom stereocenters. The molecule has 0 heterocycles. The quantitative estimate of drug-likeness (QED) is 0.360. The number of hydrogen-bond donors (Lipinski definition) is 2. The average Bonchev–Trinajstić information content (AvgIpc) is 2.60. The van der Waals surface area contributed by atoms with Crippen molar-refractivity contribution in [3.05, 3.63) is 81.9 Å². The van der Waals surface area contributed by atoms with E-state index in [1.807, 2.05) is 0 Å². The Balaban J connectivity index is 2.42. The normalized spacial score (nSPS) is 10.4. The van der Waals surface area contributed by atoms with Crippen LogP contribution in [-0.2, 0) is 9.59 Å².